The molecule has 0 bridgehead atoms. The predicted molar refractivity (Wildman–Crippen MR) is 111 cm³/mol. The van der Waals surface area contributed by atoms with E-state index in [1.807, 2.05) is 36.6 Å². The summed E-state index contributed by atoms with van der Waals surface area (Å²) in [5.41, 5.74) is 1.49. The van der Waals surface area contributed by atoms with Crippen molar-refractivity contribution in [1.29, 1.82) is 0 Å². The largest absolute Gasteiger partial charge is 0.494 e. The van der Waals surface area contributed by atoms with E-state index in [-0.39, 0.29) is 12.1 Å². The van der Waals surface area contributed by atoms with Crippen molar-refractivity contribution in [3.05, 3.63) is 46.3 Å². The lowest BCUT2D eigenvalue weighted by Gasteiger charge is -2.07. The van der Waals surface area contributed by atoms with Gasteiger partial charge in [0.15, 0.2) is 0 Å². The number of ether oxygens (including phenoxy) is 2. The minimum Gasteiger partial charge on any atom is -0.494 e. The Hall–Kier alpha value is -2.67. The third kappa shape index (κ3) is 4.59. The summed E-state index contributed by atoms with van der Waals surface area (Å²) in [5, 5.41) is 2.44. The lowest BCUT2D eigenvalue weighted by Crippen LogP contribution is -2.25. The first-order valence-electron chi connectivity index (χ1n) is 9.49. The summed E-state index contributed by atoms with van der Waals surface area (Å²) in [5.74, 6) is 0.365. The molecule has 0 fully saturated rings. The zero-order chi connectivity index (χ0) is 19.9. The van der Waals surface area contributed by atoms with E-state index in [1.54, 1.807) is 0 Å². The lowest BCUT2D eigenvalue weighted by molar-refractivity contribution is -0.144. The normalized spacial score (nSPS) is 10.9. The van der Waals surface area contributed by atoms with E-state index in [9.17, 15) is 9.59 Å². The van der Waals surface area contributed by atoms with Gasteiger partial charge in [-0.2, -0.15) is 0 Å². The maximum absolute atomic E-state index is 13.0. The van der Waals surface area contributed by atoms with Crippen molar-refractivity contribution in [2.24, 2.45) is 0 Å². The Kier molecular flexibility index (Phi) is 6.81. The molecule has 7 heteroatoms. The van der Waals surface area contributed by atoms with Crippen molar-refractivity contribution < 1.29 is 14.3 Å². The van der Waals surface area contributed by atoms with Crippen LogP contribution < -0.4 is 10.3 Å². The van der Waals surface area contributed by atoms with Crippen LogP contribution in [0.3, 0.4) is 0 Å². The summed E-state index contributed by atoms with van der Waals surface area (Å²) in [6.45, 7) is 4.87. The van der Waals surface area contributed by atoms with Gasteiger partial charge in [0.1, 0.15) is 17.1 Å². The van der Waals surface area contributed by atoms with Crippen LogP contribution in [-0.4, -0.2) is 28.7 Å². The number of unbranched alkanes of at least 4 members (excludes halogenated alkanes) is 2. The molecular weight excluding hydrogens is 376 g/mol. The molecule has 0 radical (unpaired) electrons. The number of hydrogen-bond acceptors (Lipinski definition) is 6. The van der Waals surface area contributed by atoms with Gasteiger partial charge in [-0.15, -0.1) is 11.3 Å². The molecule has 3 aromatic rings. The first-order chi connectivity index (χ1) is 13.6. The number of nitrogens with zero attached hydrogens (tertiary/aromatic N) is 2. The molecule has 0 aliphatic carbocycles. The Bertz CT molecular complexity index is 992. The molecule has 0 atom stereocenters. The fourth-order valence-corrected chi connectivity index (χ4v) is 3.82. The summed E-state index contributed by atoms with van der Waals surface area (Å²) in [6.07, 6.45) is 4.32. The number of fused-ring (bicyclic) bond motifs is 1. The molecule has 6 nitrogen and oxygen atoms in total. The quantitative estimate of drug-likeness (QED) is 0.396. The van der Waals surface area contributed by atoms with E-state index in [0.717, 1.165) is 36.1 Å². The van der Waals surface area contributed by atoms with Crippen LogP contribution in [0.15, 0.2) is 40.8 Å². The molecule has 0 saturated carbocycles. The average Bonchev–Trinajstić information content (AvgIpc) is 3.13. The maximum Gasteiger partial charge on any atom is 0.326 e. The SMILES string of the molecule is CCCCCOC(=O)Cn1cnc2scc(-c3ccc(OCC)cc3)c2c1=O. The molecule has 0 unspecified atom stereocenters. The third-order valence-electron chi connectivity index (χ3n) is 4.35. The van der Waals surface area contributed by atoms with Gasteiger partial charge in [-0.05, 0) is 31.0 Å². The minimum atomic E-state index is -0.419. The van der Waals surface area contributed by atoms with Crippen LogP contribution in [-0.2, 0) is 16.1 Å². The lowest BCUT2D eigenvalue weighted by atomic mass is 10.1. The second-order valence-electron chi connectivity index (χ2n) is 6.39. The smallest absolute Gasteiger partial charge is 0.326 e. The summed E-state index contributed by atoms with van der Waals surface area (Å²) in [7, 11) is 0. The van der Waals surface area contributed by atoms with Crippen LogP contribution >= 0.6 is 11.3 Å². The number of carbonyl (C=O) groups is 1. The third-order valence-corrected chi connectivity index (χ3v) is 5.23. The van der Waals surface area contributed by atoms with Crippen LogP contribution in [0.5, 0.6) is 5.75 Å². The average molecular weight is 401 g/mol. The molecule has 1 aromatic carbocycles. The number of thiophene rings is 1. The molecule has 3 rings (SSSR count). The van der Waals surface area contributed by atoms with Gasteiger partial charge in [-0.1, -0.05) is 31.9 Å². The fraction of sp³-hybridized carbons (Fsp3) is 0.381. The number of aromatic nitrogens is 2. The van der Waals surface area contributed by atoms with Gasteiger partial charge in [0, 0.05) is 10.9 Å². The number of rotatable bonds is 9. The van der Waals surface area contributed by atoms with Crippen LogP contribution in [0.4, 0.5) is 0 Å². The number of esters is 1. The Labute approximate surface area is 167 Å². The molecule has 0 saturated heterocycles. The van der Waals surface area contributed by atoms with Gasteiger partial charge >= 0.3 is 5.97 Å². The predicted octanol–water partition coefficient (Wildman–Crippen LogP) is 4.26. The van der Waals surface area contributed by atoms with Gasteiger partial charge in [0.05, 0.1) is 24.9 Å². The summed E-state index contributed by atoms with van der Waals surface area (Å²) >= 11 is 1.41. The van der Waals surface area contributed by atoms with Crippen LogP contribution in [0.2, 0.25) is 0 Å². The minimum absolute atomic E-state index is 0.132. The van der Waals surface area contributed by atoms with E-state index < -0.39 is 5.97 Å². The first-order valence-corrected chi connectivity index (χ1v) is 10.4. The van der Waals surface area contributed by atoms with E-state index in [4.69, 9.17) is 9.47 Å². The van der Waals surface area contributed by atoms with E-state index in [2.05, 4.69) is 11.9 Å². The Balaban J connectivity index is 1.83. The van der Waals surface area contributed by atoms with Crippen molar-refractivity contribution in [2.45, 2.75) is 39.7 Å². The second-order valence-corrected chi connectivity index (χ2v) is 7.25. The number of hydrogen-bond donors (Lipinski definition) is 0. The molecule has 0 aliphatic rings. The highest BCUT2D eigenvalue weighted by Crippen LogP contribution is 2.31. The van der Waals surface area contributed by atoms with Crippen LogP contribution in [0.1, 0.15) is 33.1 Å². The van der Waals surface area contributed by atoms with Gasteiger partial charge in [0.2, 0.25) is 0 Å². The zero-order valence-corrected chi connectivity index (χ0v) is 17.0. The first kappa shape index (κ1) is 20.1. The van der Waals surface area contributed by atoms with Crippen molar-refractivity contribution in [3.63, 3.8) is 0 Å². The fourth-order valence-electron chi connectivity index (χ4n) is 2.91. The topological polar surface area (TPSA) is 70.4 Å². The second kappa shape index (κ2) is 9.50. The van der Waals surface area contributed by atoms with E-state index >= 15 is 0 Å². The monoisotopic (exact) mass is 400 g/mol. The summed E-state index contributed by atoms with van der Waals surface area (Å²) in [6, 6.07) is 7.60. The summed E-state index contributed by atoms with van der Waals surface area (Å²) in [4.78, 5) is 30.0. The Morgan fingerprint density at radius 2 is 1.96 bits per heavy atom. The molecule has 2 aromatic heterocycles. The highest BCUT2D eigenvalue weighted by Gasteiger charge is 2.15. The Morgan fingerprint density at radius 3 is 2.68 bits per heavy atom. The van der Waals surface area contributed by atoms with Crippen molar-refractivity contribution >= 4 is 27.5 Å². The molecule has 0 aliphatic heterocycles. The maximum atomic E-state index is 13.0. The molecule has 2 heterocycles. The number of benzene rings is 1. The van der Waals surface area contributed by atoms with Crippen molar-refractivity contribution in [2.75, 3.05) is 13.2 Å². The van der Waals surface area contributed by atoms with Crippen LogP contribution in [0, 0.1) is 0 Å². The van der Waals surface area contributed by atoms with Gasteiger partial charge in [-0.3, -0.25) is 14.2 Å². The molecule has 148 valence electrons. The van der Waals surface area contributed by atoms with E-state index in [1.165, 1.54) is 22.2 Å². The number of carbonyl (C=O) groups excluding carboxylic acids is 1. The zero-order valence-electron chi connectivity index (χ0n) is 16.1. The Morgan fingerprint density at radius 1 is 1.18 bits per heavy atom. The standard InChI is InChI=1S/C21H24N2O4S/c1-3-5-6-11-27-18(24)12-23-14-22-20-19(21(23)25)17(13-28-20)15-7-9-16(10-8-15)26-4-2/h7-10,13-14H,3-6,11-12H2,1-2H3. The molecule has 0 spiro atoms. The summed E-state index contributed by atoms with van der Waals surface area (Å²) < 4.78 is 12.0. The molecule has 28 heavy (non-hydrogen) atoms. The molecule has 0 N–H and O–H groups in total. The van der Waals surface area contributed by atoms with Crippen molar-refractivity contribution in [3.8, 4) is 16.9 Å². The van der Waals surface area contributed by atoms with Crippen LogP contribution in [0.25, 0.3) is 21.3 Å². The highest BCUT2D eigenvalue weighted by atomic mass is 32.1. The highest BCUT2D eigenvalue weighted by molar-refractivity contribution is 7.17. The van der Waals surface area contributed by atoms with Gasteiger partial charge in [-0.25, -0.2) is 4.98 Å². The molecular formula is C21H24N2O4S. The van der Waals surface area contributed by atoms with E-state index in [0.29, 0.717) is 23.4 Å². The van der Waals surface area contributed by atoms with Gasteiger partial charge < -0.3 is 9.47 Å². The van der Waals surface area contributed by atoms with Crippen molar-refractivity contribution in [1.82, 2.24) is 9.55 Å². The molecule has 0 amide bonds. The van der Waals surface area contributed by atoms with Gasteiger partial charge in [0.25, 0.3) is 5.56 Å².